The summed E-state index contributed by atoms with van der Waals surface area (Å²) in [4.78, 5) is 67.5. The fourth-order valence-corrected chi connectivity index (χ4v) is 1.41. The quantitative estimate of drug-likeness (QED) is 0.421. The fourth-order valence-electron chi connectivity index (χ4n) is 1.41. The molecule has 11 heteroatoms. The van der Waals surface area contributed by atoms with E-state index in [-0.39, 0.29) is 42.9 Å². The van der Waals surface area contributed by atoms with Gasteiger partial charge < -0.3 is 19.6 Å². The Hall–Kier alpha value is -2.82. The molecule has 30 heavy (non-hydrogen) atoms. The molecule has 1 N–H and O–H groups in total. The van der Waals surface area contributed by atoms with E-state index in [1.54, 1.807) is 0 Å². The van der Waals surface area contributed by atoms with Crippen LogP contribution in [0.5, 0.6) is 0 Å². The summed E-state index contributed by atoms with van der Waals surface area (Å²) in [6.45, 7) is 7.16. The molecule has 0 fully saturated rings. The summed E-state index contributed by atoms with van der Waals surface area (Å²) in [5.74, 6) is -0.482. The van der Waals surface area contributed by atoms with Crippen LogP contribution in [0.1, 0.15) is 53.4 Å². The predicted molar refractivity (Wildman–Crippen MR) is 109 cm³/mol. The number of hydrogen-bond acceptors (Lipinski definition) is 8. The Morgan fingerprint density at radius 1 is 1.00 bits per heavy atom. The molecule has 0 aliphatic carbocycles. The van der Waals surface area contributed by atoms with Gasteiger partial charge in [-0.25, -0.2) is 9.86 Å². The molecule has 0 saturated heterocycles. The Morgan fingerprint density at radius 3 is 1.87 bits per heavy atom. The third-order valence-corrected chi connectivity index (χ3v) is 2.89. The molecule has 0 atom stereocenters. The zero-order valence-electron chi connectivity index (χ0n) is 18.9. The van der Waals surface area contributed by atoms with Gasteiger partial charge in [-0.2, -0.15) is 0 Å². The summed E-state index contributed by atoms with van der Waals surface area (Å²) in [6.07, 6.45) is 2.70. The average Bonchev–Trinajstić information content (AvgIpc) is 2.69. The molecule has 0 aromatic heterocycles. The highest BCUT2D eigenvalue weighted by atomic mass is 16.7. The van der Waals surface area contributed by atoms with Crippen LogP contribution in [0.3, 0.4) is 0 Å². The molecule has 174 valence electrons. The van der Waals surface area contributed by atoms with Crippen molar-refractivity contribution >= 4 is 36.9 Å². The van der Waals surface area contributed by atoms with E-state index in [2.05, 4.69) is 10.2 Å². The minimum Gasteiger partial charge on any atom is -0.444 e. The number of alkyl carbamates (subject to hydrolysis) is 1. The van der Waals surface area contributed by atoms with E-state index in [9.17, 15) is 28.8 Å². The van der Waals surface area contributed by atoms with Crippen LogP contribution in [-0.2, 0) is 33.5 Å². The molecular formula is C19H35N3O8. The second-order valence-electron chi connectivity index (χ2n) is 6.60. The molecule has 0 heterocycles. The Labute approximate surface area is 178 Å². The van der Waals surface area contributed by atoms with Crippen LogP contribution in [0.4, 0.5) is 4.79 Å². The lowest BCUT2D eigenvalue weighted by molar-refractivity contribution is -0.168. The van der Waals surface area contributed by atoms with Crippen LogP contribution in [0.2, 0.25) is 0 Å². The number of nitrogens with zero attached hydrogens (tertiary/aromatic N) is 2. The molecule has 0 rings (SSSR count). The van der Waals surface area contributed by atoms with E-state index in [0.29, 0.717) is 31.8 Å². The van der Waals surface area contributed by atoms with Gasteiger partial charge in [-0.05, 0) is 27.2 Å². The smallest absolute Gasteiger partial charge is 0.407 e. The van der Waals surface area contributed by atoms with Crippen molar-refractivity contribution in [3.8, 4) is 0 Å². The van der Waals surface area contributed by atoms with Crippen LogP contribution >= 0.6 is 0 Å². The van der Waals surface area contributed by atoms with Crippen molar-refractivity contribution in [1.29, 1.82) is 0 Å². The van der Waals surface area contributed by atoms with E-state index in [4.69, 9.17) is 4.74 Å². The standard InChI is InChI=1S/C7H11NO3.C6H11NO3.C6H13NO2/c1-2-3-7(11)8(6-10)4-5-9;1-7(10-2)6(9)4-3-5-8;1-6(2,3)9-5(8)7-4/h5-6H,2-4H2,1H3;5H,3-4H2,1-2H3;1-4H3,(H,7,8). The molecule has 0 aliphatic rings. The molecule has 4 amide bonds. The number of hydrogen-bond donors (Lipinski definition) is 1. The summed E-state index contributed by atoms with van der Waals surface area (Å²) in [6, 6.07) is 0. The van der Waals surface area contributed by atoms with Crippen LogP contribution in [0, 0.1) is 0 Å². The molecule has 0 aliphatic heterocycles. The first-order valence-electron chi connectivity index (χ1n) is 9.27. The maximum Gasteiger partial charge on any atom is 0.407 e. The largest absolute Gasteiger partial charge is 0.444 e. The molecule has 0 saturated carbocycles. The van der Waals surface area contributed by atoms with E-state index >= 15 is 0 Å². The Kier molecular flexibility index (Phi) is 20.7. The van der Waals surface area contributed by atoms with Gasteiger partial charge in [0.2, 0.25) is 18.2 Å². The molecule has 11 nitrogen and oxygen atoms in total. The number of hydroxylamine groups is 2. The average molecular weight is 434 g/mol. The number of carbonyl (C=O) groups is 6. The van der Waals surface area contributed by atoms with Gasteiger partial charge in [0.05, 0.1) is 13.7 Å². The lowest BCUT2D eigenvalue weighted by atomic mass is 10.2. The minimum absolute atomic E-state index is 0.137. The van der Waals surface area contributed by atoms with Gasteiger partial charge in [0.25, 0.3) is 0 Å². The first-order valence-corrected chi connectivity index (χ1v) is 9.27. The Bertz CT molecular complexity index is 532. The van der Waals surface area contributed by atoms with Crippen molar-refractivity contribution in [2.45, 2.75) is 59.0 Å². The van der Waals surface area contributed by atoms with Crippen LogP contribution in [-0.4, -0.2) is 80.2 Å². The first kappa shape index (κ1) is 31.9. The third kappa shape index (κ3) is 21.5. The van der Waals surface area contributed by atoms with Crippen molar-refractivity contribution in [1.82, 2.24) is 15.3 Å². The van der Waals surface area contributed by atoms with Crippen molar-refractivity contribution < 1.29 is 38.3 Å². The molecule has 0 spiro atoms. The van der Waals surface area contributed by atoms with Crippen molar-refractivity contribution in [2.24, 2.45) is 0 Å². The molecule has 0 bridgehead atoms. The fraction of sp³-hybridized carbons (Fsp3) is 0.684. The number of nitrogens with one attached hydrogen (secondary N) is 1. The van der Waals surface area contributed by atoms with Gasteiger partial charge in [-0.3, -0.25) is 24.1 Å². The number of ether oxygens (including phenoxy) is 1. The second-order valence-corrected chi connectivity index (χ2v) is 6.60. The number of imide groups is 1. The molecule has 0 radical (unpaired) electrons. The van der Waals surface area contributed by atoms with Crippen molar-refractivity contribution in [2.75, 3.05) is 27.7 Å². The lowest BCUT2D eigenvalue weighted by Gasteiger charge is -2.18. The normalized spacial score (nSPS) is 9.43. The summed E-state index contributed by atoms with van der Waals surface area (Å²) in [7, 11) is 4.44. The van der Waals surface area contributed by atoms with E-state index in [0.717, 1.165) is 9.96 Å². The third-order valence-electron chi connectivity index (χ3n) is 2.89. The van der Waals surface area contributed by atoms with Gasteiger partial charge in [0.15, 0.2) is 0 Å². The highest BCUT2D eigenvalue weighted by molar-refractivity contribution is 5.88. The summed E-state index contributed by atoms with van der Waals surface area (Å²) in [5, 5.41) is 3.46. The SMILES string of the molecule is CCCC(=O)N(C=O)CC=O.CNC(=O)OC(C)(C)C.CON(C)C(=O)CCC=O. The van der Waals surface area contributed by atoms with Crippen LogP contribution in [0.25, 0.3) is 0 Å². The highest BCUT2D eigenvalue weighted by Crippen LogP contribution is 2.05. The van der Waals surface area contributed by atoms with Gasteiger partial charge in [0, 0.05) is 33.4 Å². The molecule has 0 aromatic rings. The minimum atomic E-state index is -0.389. The lowest BCUT2D eigenvalue weighted by Crippen LogP contribution is -2.30. The van der Waals surface area contributed by atoms with Gasteiger partial charge in [-0.15, -0.1) is 0 Å². The molecule has 0 unspecified atom stereocenters. The molecule has 0 aromatic carbocycles. The number of carbonyl (C=O) groups excluding carboxylic acids is 6. The van der Waals surface area contributed by atoms with Crippen molar-refractivity contribution in [3.63, 3.8) is 0 Å². The zero-order chi connectivity index (χ0) is 24.2. The van der Waals surface area contributed by atoms with Crippen LogP contribution in [0.15, 0.2) is 0 Å². The molecular weight excluding hydrogens is 398 g/mol. The van der Waals surface area contributed by atoms with E-state index in [1.165, 1.54) is 21.2 Å². The number of aldehydes is 2. The maximum absolute atomic E-state index is 10.9. The van der Waals surface area contributed by atoms with Gasteiger partial charge in [-0.1, -0.05) is 6.92 Å². The van der Waals surface area contributed by atoms with E-state index in [1.807, 2.05) is 27.7 Å². The summed E-state index contributed by atoms with van der Waals surface area (Å²) >= 11 is 0. The van der Waals surface area contributed by atoms with Crippen molar-refractivity contribution in [3.05, 3.63) is 0 Å². The van der Waals surface area contributed by atoms with Gasteiger partial charge in [0.1, 0.15) is 18.2 Å². The van der Waals surface area contributed by atoms with E-state index < -0.39 is 0 Å². The summed E-state index contributed by atoms with van der Waals surface area (Å²) in [5.41, 5.74) is -0.389. The summed E-state index contributed by atoms with van der Waals surface area (Å²) < 4.78 is 4.84. The maximum atomic E-state index is 10.9. The van der Waals surface area contributed by atoms with Crippen LogP contribution < -0.4 is 5.32 Å². The van der Waals surface area contributed by atoms with Gasteiger partial charge >= 0.3 is 6.09 Å². The topological polar surface area (TPSA) is 139 Å². The predicted octanol–water partition coefficient (Wildman–Crippen LogP) is 1.10. The monoisotopic (exact) mass is 433 g/mol. The Balaban J connectivity index is -0.000000366. The highest BCUT2D eigenvalue weighted by Gasteiger charge is 2.14. The Morgan fingerprint density at radius 2 is 1.57 bits per heavy atom. The number of rotatable bonds is 9. The number of amides is 4. The first-order chi connectivity index (χ1) is 13.9. The zero-order valence-corrected chi connectivity index (χ0v) is 18.9. The second kappa shape index (κ2) is 19.5.